The van der Waals surface area contributed by atoms with Crippen LogP contribution in [-0.2, 0) is 19.8 Å². The number of likely N-dealkylation sites (N-methyl/N-ethyl adjacent to an activating group) is 1. The van der Waals surface area contributed by atoms with Crippen molar-refractivity contribution < 1.29 is 19.1 Å². The van der Waals surface area contributed by atoms with Crippen LogP contribution in [0.15, 0.2) is 48.5 Å². The third-order valence-electron chi connectivity index (χ3n) is 7.02. The van der Waals surface area contributed by atoms with E-state index < -0.39 is 5.41 Å². The molecule has 0 radical (unpaired) electrons. The summed E-state index contributed by atoms with van der Waals surface area (Å²) >= 11 is 0. The maximum Gasteiger partial charge on any atom is 0.240 e. The number of hydrogen-bond acceptors (Lipinski definition) is 4. The molecule has 2 saturated heterocycles. The lowest BCUT2D eigenvalue weighted by Crippen LogP contribution is -2.45. The Hall–Kier alpha value is -3.15. The summed E-state index contributed by atoms with van der Waals surface area (Å²) in [5.41, 5.74) is 1.88. The molecule has 168 valence electrons. The zero-order chi connectivity index (χ0) is 22.9. The molecule has 0 saturated carbocycles. The minimum absolute atomic E-state index is 0.0243. The molecule has 6 heteroatoms. The van der Waals surface area contributed by atoms with E-state index >= 15 is 0 Å². The molecule has 0 aliphatic carbocycles. The maximum absolute atomic E-state index is 13.6. The van der Waals surface area contributed by atoms with Crippen molar-refractivity contribution >= 4 is 17.7 Å². The highest BCUT2D eigenvalue weighted by Crippen LogP contribution is 2.44. The van der Waals surface area contributed by atoms with E-state index in [-0.39, 0.29) is 36.5 Å². The molecule has 2 aromatic carbocycles. The Morgan fingerprint density at radius 1 is 1.12 bits per heavy atom. The minimum Gasteiger partial charge on any atom is -0.496 e. The molecule has 0 N–H and O–H groups in total. The molecule has 0 aromatic heterocycles. The number of ether oxygens (including phenoxy) is 1. The molecule has 2 aromatic rings. The van der Waals surface area contributed by atoms with Gasteiger partial charge in [-0.2, -0.15) is 0 Å². The Morgan fingerprint density at radius 2 is 1.84 bits per heavy atom. The van der Waals surface area contributed by atoms with E-state index in [1.807, 2.05) is 29.2 Å². The lowest BCUT2D eigenvalue weighted by molar-refractivity contribution is -0.142. The lowest BCUT2D eigenvalue weighted by atomic mass is 9.75. The summed E-state index contributed by atoms with van der Waals surface area (Å²) in [7, 11) is 3.03. The number of benzene rings is 2. The molecule has 3 amide bonds. The Balaban J connectivity index is 1.63. The molecular weight excluding hydrogens is 404 g/mol. The lowest BCUT2D eigenvalue weighted by Gasteiger charge is -2.36. The van der Waals surface area contributed by atoms with Gasteiger partial charge in [0.05, 0.1) is 12.5 Å². The van der Waals surface area contributed by atoms with Gasteiger partial charge in [0.2, 0.25) is 17.7 Å². The molecule has 4 rings (SSSR count). The van der Waals surface area contributed by atoms with Crippen LogP contribution in [0.5, 0.6) is 5.75 Å². The molecule has 2 aliphatic heterocycles. The van der Waals surface area contributed by atoms with Crippen LogP contribution in [0.1, 0.15) is 48.3 Å². The monoisotopic (exact) mass is 434 g/mol. The summed E-state index contributed by atoms with van der Waals surface area (Å²) in [6, 6.07) is 15.5. The number of rotatable bonds is 5. The van der Waals surface area contributed by atoms with Crippen molar-refractivity contribution in [3.05, 3.63) is 65.2 Å². The van der Waals surface area contributed by atoms with Crippen LogP contribution in [-0.4, -0.2) is 54.8 Å². The minimum atomic E-state index is -1.23. The van der Waals surface area contributed by atoms with Crippen molar-refractivity contribution in [2.45, 2.75) is 43.9 Å². The van der Waals surface area contributed by atoms with Crippen molar-refractivity contribution in [3.8, 4) is 5.75 Å². The Morgan fingerprint density at radius 3 is 2.53 bits per heavy atom. The fourth-order valence-corrected chi connectivity index (χ4v) is 5.24. The first-order valence-electron chi connectivity index (χ1n) is 11.1. The molecule has 0 unspecified atom stereocenters. The van der Waals surface area contributed by atoms with E-state index in [9.17, 15) is 14.4 Å². The zero-order valence-corrected chi connectivity index (χ0v) is 19.0. The van der Waals surface area contributed by atoms with Gasteiger partial charge in [-0.1, -0.05) is 42.5 Å². The predicted octanol–water partition coefficient (Wildman–Crippen LogP) is 3.43. The fourth-order valence-electron chi connectivity index (χ4n) is 5.24. The first kappa shape index (κ1) is 22.1. The average molecular weight is 435 g/mol. The number of methoxy groups -OCH3 is 1. The Bertz CT molecular complexity index is 1050. The molecule has 6 nitrogen and oxygen atoms in total. The molecule has 2 atom stereocenters. The van der Waals surface area contributed by atoms with Crippen LogP contribution in [0.25, 0.3) is 0 Å². The highest BCUT2D eigenvalue weighted by molar-refractivity contribution is 6.10. The second kappa shape index (κ2) is 8.77. The zero-order valence-electron chi connectivity index (χ0n) is 19.0. The third kappa shape index (κ3) is 3.78. The van der Waals surface area contributed by atoms with Gasteiger partial charge in [0.25, 0.3) is 0 Å². The summed E-state index contributed by atoms with van der Waals surface area (Å²) < 4.78 is 5.51. The summed E-state index contributed by atoms with van der Waals surface area (Å²) in [5.74, 6) is 0.0940. The van der Waals surface area contributed by atoms with Gasteiger partial charge >= 0.3 is 0 Å². The number of nitrogens with zero attached hydrogens (tertiary/aromatic N) is 2. The molecule has 2 heterocycles. The number of imide groups is 1. The highest BCUT2D eigenvalue weighted by atomic mass is 16.5. The van der Waals surface area contributed by atoms with Gasteiger partial charge < -0.3 is 9.64 Å². The number of carbonyl (C=O) groups excluding carboxylic acids is 3. The normalized spacial score (nSPS) is 23.5. The molecule has 32 heavy (non-hydrogen) atoms. The van der Waals surface area contributed by atoms with Crippen molar-refractivity contribution in [1.29, 1.82) is 0 Å². The largest absolute Gasteiger partial charge is 0.496 e. The quantitative estimate of drug-likeness (QED) is 0.677. The Kier molecular flexibility index (Phi) is 6.04. The van der Waals surface area contributed by atoms with Crippen molar-refractivity contribution in [2.24, 2.45) is 0 Å². The van der Waals surface area contributed by atoms with Gasteiger partial charge in [-0.15, -0.1) is 0 Å². The van der Waals surface area contributed by atoms with E-state index in [4.69, 9.17) is 4.74 Å². The van der Waals surface area contributed by atoms with E-state index in [0.29, 0.717) is 24.4 Å². The van der Waals surface area contributed by atoms with Crippen molar-refractivity contribution in [1.82, 2.24) is 9.80 Å². The van der Waals surface area contributed by atoms with Crippen molar-refractivity contribution in [3.63, 3.8) is 0 Å². The smallest absolute Gasteiger partial charge is 0.240 e. The van der Waals surface area contributed by atoms with Gasteiger partial charge in [0.15, 0.2) is 0 Å². The van der Waals surface area contributed by atoms with Crippen LogP contribution in [0, 0.1) is 6.92 Å². The predicted molar refractivity (Wildman–Crippen MR) is 121 cm³/mol. The van der Waals surface area contributed by atoms with Crippen LogP contribution in [0.4, 0.5) is 0 Å². The van der Waals surface area contributed by atoms with Crippen LogP contribution < -0.4 is 4.74 Å². The van der Waals surface area contributed by atoms with Gasteiger partial charge in [0.1, 0.15) is 5.75 Å². The molecule has 0 bridgehead atoms. The molecular formula is C26H30N2O4. The van der Waals surface area contributed by atoms with Crippen molar-refractivity contribution in [2.75, 3.05) is 27.2 Å². The van der Waals surface area contributed by atoms with Crippen LogP contribution in [0.2, 0.25) is 0 Å². The van der Waals surface area contributed by atoms with Gasteiger partial charge in [-0.3, -0.25) is 19.3 Å². The standard InChI is InChI=1S/C26H30N2O4/c1-18-9-4-5-11-20(18)19-10-8-14-28(17-19)24(30)16-26(15-23(29)27(2)25(26)31)21-12-6-7-13-22(21)32-3/h4-7,9,11-13,19H,8,10,14-17H2,1-3H3/t19-,26-/m0/s1. The number of piperidine rings is 1. The van der Waals surface area contributed by atoms with E-state index in [1.165, 1.54) is 25.3 Å². The first-order chi connectivity index (χ1) is 15.4. The van der Waals surface area contributed by atoms with E-state index in [0.717, 1.165) is 17.7 Å². The van der Waals surface area contributed by atoms with Gasteiger partial charge in [0, 0.05) is 44.5 Å². The SMILES string of the molecule is COc1ccccc1[C@@]1(CC(=O)N2CCC[C@H](c3ccccc3C)C2)CC(=O)N(C)C1=O. The summed E-state index contributed by atoms with van der Waals surface area (Å²) in [6.07, 6.45) is 1.89. The molecule has 2 fully saturated rings. The number of aryl methyl sites for hydroxylation is 1. The van der Waals surface area contributed by atoms with Gasteiger partial charge in [-0.05, 0) is 37.0 Å². The van der Waals surface area contributed by atoms with E-state index in [1.54, 1.807) is 12.1 Å². The van der Waals surface area contributed by atoms with E-state index in [2.05, 4.69) is 19.1 Å². The average Bonchev–Trinajstić information content (AvgIpc) is 3.03. The maximum atomic E-state index is 13.6. The molecule has 2 aliphatic rings. The fraction of sp³-hybridized carbons (Fsp3) is 0.423. The molecule has 0 spiro atoms. The number of carbonyl (C=O) groups is 3. The Labute approximate surface area is 189 Å². The number of para-hydroxylation sites is 1. The third-order valence-corrected chi connectivity index (χ3v) is 7.02. The second-order valence-corrected chi connectivity index (χ2v) is 8.93. The summed E-state index contributed by atoms with van der Waals surface area (Å²) in [6.45, 7) is 3.40. The number of hydrogen-bond donors (Lipinski definition) is 0. The summed E-state index contributed by atoms with van der Waals surface area (Å²) in [4.78, 5) is 42.4. The summed E-state index contributed by atoms with van der Waals surface area (Å²) in [5, 5.41) is 0. The van der Waals surface area contributed by atoms with Crippen LogP contribution >= 0.6 is 0 Å². The van der Waals surface area contributed by atoms with Gasteiger partial charge in [-0.25, -0.2) is 0 Å². The second-order valence-electron chi connectivity index (χ2n) is 8.93. The van der Waals surface area contributed by atoms with Crippen LogP contribution in [0.3, 0.4) is 0 Å². The topological polar surface area (TPSA) is 66.9 Å². The highest BCUT2D eigenvalue weighted by Gasteiger charge is 2.54. The number of likely N-dealkylation sites (tertiary alicyclic amines) is 2. The first-order valence-corrected chi connectivity index (χ1v) is 11.1. The number of amides is 3.